The largest absolute Gasteiger partial charge is 0.494 e. The summed E-state index contributed by atoms with van der Waals surface area (Å²) in [6.07, 6.45) is 0.625. The summed E-state index contributed by atoms with van der Waals surface area (Å²) < 4.78 is 35.5. The molecule has 0 bridgehead atoms. The third-order valence-electron chi connectivity index (χ3n) is 7.91. The smallest absolute Gasteiger partial charge is 0.267 e. The van der Waals surface area contributed by atoms with Gasteiger partial charge < -0.3 is 15.0 Å². The van der Waals surface area contributed by atoms with Gasteiger partial charge in [-0.25, -0.2) is 13.8 Å². The molecule has 0 saturated heterocycles. The molecule has 3 aromatic carbocycles. The lowest BCUT2D eigenvalue weighted by atomic mass is 9.81. The van der Waals surface area contributed by atoms with Crippen molar-refractivity contribution in [1.29, 1.82) is 0 Å². The van der Waals surface area contributed by atoms with Crippen molar-refractivity contribution in [2.24, 2.45) is 16.3 Å². The van der Waals surface area contributed by atoms with E-state index in [4.69, 9.17) is 4.74 Å². The summed E-state index contributed by atoms with van der Waals surface area (Å²) in [5, 5.41) is 12.3. The Bertz CT molecular complexity index is 1610. The van der Waals surface area contributed by atoms with Gasteiger partial charge in [0, 0.05) is 35.0 Å². The fraction of sp³-hybridized carbons (Fsp3) is 0.303. The Hall–Kier alpha value is -4.77. The molecule has 2 aliphatic rings. The molecule has 228 valence electrons. The van der Waals surface area contributed by atoms with Crippen LogP contribution in [-0.2, 0) is 20.9 Å². The van der Waals surface area contributed by atoms with E-state index in [-0.39, 0.29) is 53.6 Å². The van der Waals surface area contributed by atoms with Crippen LogP contribution < -0.4 is 10.1 Å². The maximum Gasteiger partial charge on any atom is 0.267 e. The van der Waals surface area contributed by atoms with Crippen molar-refractivity contribution in [1.82, 2.24) is 15.2 Å². The van der Waals surface area contributed by atoms with Gasteiger partial charge in [-0.2, -0.15) is 5.11 Å². The van der Waals surface area contributed by atoms with Crippen LogP contribution in [0.1, 0.15) is 42.5 Å². The van der Waals surface area contributed by atoms with Gasteiger partial charge >= 0.3 is 0 Å². The molecule has 2 atom stereocenters. The van der Waals surface area contributed by atoms with Gasteiger partial charge in [0.15, 0.2) is 17.3 Å². The van der Waals surface area contributed by atoms with E-state index >= 15 is 4.39 Å². The van der Waals surface area contributed by atoms with Crippen molar-refractivity contribution in [3.63, 3.8) is 0 Å². The number of Topliss-reactive ketones (excluding diaryl/α,β-unsaturated/α-hetero) is 1. The Balaban J connectivity index is 1.48. The number of hydrogen-bond donors (Lipinski definition) is 1. The van der Waals surface area contributed by atoms with E-state index in [0.717, 1.165) is 5.56 Å². The fourth-order valence-electron chi connectivity index (χ4n) is 5.58. The highest BCUT2D eigenvalue weighted by Crippen LogP contribution is 2.38. The number of rotatable bonds is 12. The van der Waals surface area contributed by atoms with Crippen LogP contribution >= 0.6 is 0 Å². The number of ether oxygens (including phenoxy) is 1. The number of halogens is 2. The Morgan fingerprint density at radius 2 is 1.75 bits per heavy atom. The Labute approximate surface area is 254 Å². The number of carbonyl (C=O) groups excluding carboxylic acids is 3. The molecule has 1 N–H and O–H groups in total. The molecule has 0 saturated carbocycles. The molecule has 0 spiro atoms. The van der Waals surface area contributed by atoms with Crippen LogP contribution in [0.4, 0.5) is 8.78 Å². The average Bonchev–Trinajstić information content (AvgIpc) is 3.44. The van der Waals surface area contributed by atoms with Gasteiger partial charge in [-0.15, -0.1) is 0 Å². The first-order valence-electron chi connectivity index (χ1n) is 14.4. The molecule has 0 radical (unpaired) electrons. The lowest BCUT2D eigenvalue weighted by molar-refractivity contribution is -0.140. The number of nitrogens with zero attached hydrogens (tertiary/aromatic N) is 4. The molecule has 0 fully saturated rings. The monoisotopic (exact) mass is 601 g/mol. The van der Waals surface area contributed by atoms with E-state index in [1.54, 1.807) is 31.2 Å². The van der Waals surface area contributed by atoms with Gasteiger partial charge in [0.2, 0.25) is 5.91 Å². The van der Waals surface area contributed by atoms with Crippen LogP contribution in [0.5, 0.6) is 5.75 Å². The molecular formula is C33H33F2N5O4. The average molecular weight is 602 g/mol. The summed E-state index contributed by atoms with van der Waals surface area (Å²) in [6, 6.07) is 19.6. The van der Waals surface area contributed by atoms with Crippen molar-refractivity contribution in [3.8, 4) is 5.75 Å². The van der Waals surface area contributed by atoms with Crippen LogP contribution in [0, 0.1) is 17.6 Å². The number of amides is 2. The fourth-order valence-corrected chi connectivity index (χ4v) is 5.58. The predicted octanol–water partition coefficient (Wildman–Crippen LogP) is 5.25. The molecule has 1 unspecified atom stereocenters. The maximum atomic E-state index is 15.6. The van der Waals surface area contributed by atoms with Crippen LogP contribution in [0.3, 0.4) is 0 Å². The van der Waals surface area contributed by atoms with E-state index in [1.807, 2.05) is 30.3 Å². The minimum atomic E-state index is -1.18. The molecule has 2 heterocycles. The first-order chi connectivity index (χ1) is 21.3. The SMILES string of the molecule is COc1cccc(C2=C(C)N(Cc3ccccc3F)C(=O)C(C[C@H](NCCCN3N=NCC3=O)c3ccccc3)C2=O)c1F. The quantitative estimate of drug-likeness (QED) is 0.226. The number of ketones is 1. The van der Waals surface area contributed by atoms with Crippen molar-refractivity contribution in [2.45, 2.75) is 32.4 Å². The molecule has 3 aromatic rings. The normalized spacial score (nSPS) is 17.5. The topological polar surface area (TPSA) is 104 Å². The van der Waals surface area contributed by atoms with Gasteiger partial charge in [-0.1, -0.05) is 65.9 Å². The van der Waals surface area contributed by atoms with E-state index in [2.05, 4.69) is 15.7 Å². The number of allylic oxidation sites excluding steroid dienone is 2. The third-order valence-corrected chi connectivity index (χ3v) is 7.91. The van der Waals surface area contributed by atoms with Gasteiger partial charge in [0.1, 0.15) is 18.3 Å². The second-order valence-electron chi connectivity index (χ2n) is 10.6. The molecule has 0 aliphatic carbocycles. The second-order valence-corrected chi connectivity index (χ2v) is 10.6. The highest BCUT2D eigenvalue weighted by Gasteiger charge is 2.42. The number of hydrogen-bond acceptors (Lipinski definition) is 7. The molecule has 0 aromatic heterocycles. The summed E-state index contributed by atoms with van der Waals surface area (Å²) in [5.74, 6) is -3.61. The number of benzene rings is 3. The van der Waals surface area contributed by atoms with Crippen molar-refractivity contribution in [3.05, 3.63) is 107 Å². The minimum Gasteiger partial charge on any atom is -0.494 e. The van der Waals surface area contributed by atoms with Gasteiger partial charge in [-0.3, -0.25) is 14.4 Å². The zero-order chi connectivity index (χ0) is 31.2. The van der Waals surface area contributed by atoms with Crippen LogP contribution in [0.25, 0.3) is 5.57 Å². The van der Waals surface area contributed by atoms with Gasteiger partial charge in [-0.05, 0) is 44.0 Å². The molecule has 9 nitrogen and oxygen atoms in total. The van der Waals surface area contributed by atoms with E-state index < -0.39 is 35.3 Å². The van der Waals surface area contributed by atoms with E-state index in [1.165, 1.54) is 35.2 Å². The molecule has 2 aliphatic heterocycles. The molecule has 5 rings (SSSR count). The summed E-state index contributed by atoms with van der Waals surface area (Å²) in [5.41, 5.74) is 1.42. The molecule has 11 heteroatoms. The van der Waals surface area contributed by atoms with Gasteiger partial charge in [0.05, 0.1) is 13.7 Å². The Morgan fingerprint density at radius 1 is 1.00 bits per heavy atom. The number of nitrogens with one attached hydrogen (secondary N) is 1. The van der Waals surface area contributed by atoms with Crippen LogP contribution in [0.2, 0.25) is 0 Å². The summed E-state index contributed by atoms with van der Waals surface area (Å²) >= 11 is 0. The van der Waals surface area contributed by atoms with E-state index in [9.17, 15) is 18.8 Å². The summed E-state index contributed by atoms with van der Waals surface area (Å²) in [4.78, 5) is 41.5. The van der Waals surface area contributed by atoms with Crippen molar-refractivity contribution in [2.75, 3.05) is 26.7 Å². The lowest BCUT2D eigenvalue weighted by Gasteiger charge is -2.36. The Morgan fingerprint density at radius 3 is 2.45 bits per heavy atom. The number of methoxy groups -OCH3 is 1. The minimum absolute atomic E-state index is 0.0107. The summed E-state index contributed by atoms with van der Waals surface area (Å²) in [6.45, 7) is 2.32. The first kappa shape index (κ1) is 30.7. The summed E-state index contributed by atoms with van der Waals surface area (Å²) in [7, 11) is 1.33. The zero-order valence-corrected chi connectivity index (χ0v) is 24.5. The van der Waals surface area contributed by atoms with Crippen molar-refractivity contribution >= 4 is 23.2 Å². The Kier molecular flexibility index (Phi) is 9.54. The van der Waals surface area contributed by atoms with E-state index in [0.29, 0.717) is 19.5 Å². The molecule has 2 amide bonds. The zero-order valence-electron chi connectivity index (χ0n) is 24.5. The van der Waals surface area contributed by atoms with Gasteiger partial charge in [0.25, 0.3) is 5.91 Å². The van der Waals surface area contributed by atoms with Crippen LogP contribution in [0.15, 0.2) is 88.8 Å². The second kappa shape index (κ2) is 13.7. The molecule has 44 heavy (non-hydrogen) atoms. The standard InChI is InChI=1S/C33H33F2N5O4/c1-21-30(24-13-8-15-28(44-2)31(24)35)32(42)25(33(43)39(21)20-23-12-6-7-14-26(23)34)18-27(22-10-4-3-5-11-22)36-16-9-17-40-29(41)19-37-38-40/h3-8,10-15,25,27,36H,9,16-20H2,1-2H3/t25?,27-/m0/s1. The first-order valence-corrected chi connectivity index (χ1v) is 14.4. The highest BCUT2D eigenvalue weighted by atomic mass is 19.1. The molecular weight excluding hydrogens is 568 g/mol. The van der Waals surface area contributed by atoms with Crippen molar-refractivity contribution < 1.29 is 27.9 Å². The predicted molar refractivity (Wildman–Crippen MR) is 159 cm³/mol. The third kappa shape index (κ3) is 6.42. The number of carbonyl (C=O) groups is 3. The lowest BCUT2D eigenvalue weighted by Crippen LogP contribution is -2.45. The highest BCUT2D eigenvalue weighted by molar-refractivity contribution is 6.30. The van der Waals surface area contributed by atoms with Crippen LogP contribution in [-0.4, -0.2) is 54.3 Å². The maximum absolute atomic E-state index is 15.6.